The molecule has 0 bridgehead atoms. The predicted octanol–water partition coefficient (Wildman–Crippen LogP) is 2.94. The van der Waals surface area contributed by atoms with E-state index in [9.17, 15) is 4.79 Å². The second-order valence-corrected chi connectivity index (χ2v) is 7.79. The summed E-state index contributed by atoms with van der Waals surface area (Å²) >= 11 is 19.1. The molecule has 1 amide bonds. The van der Waals surface area contributed by atoms with Crippen molar-refractivity contribution in [1.29, 1.82) is 0 Å². The van der Waals surface area contributed by atoms with E-state index in [1.54, 1.807) is 12.1 Å². The van der Waals surface area contributed by atoms with Crippen molar-refractivity contribution in [2.24, 2.45) is 0 Å². The van der Waals surface area contributed by atoms with Gasteiger partial charge < -0.3 is 10.1 Å². The Bertz CT molecular complexity index is 430. The molecule has 1 aliphatic rings. The number of rotatable bonds is 5. The zero-order valence-electron chi connectivity index (χ0n) is 10.6. The van der Waals surface area contributed by atoms with Crippen molar-refractivity contribution >= 4 is 52.0 Å². The molecule has 1 saturated heterocycles. The molecule has 20 heavy (non-hydrogen) atoms. The van der Waals surface area contributed by atoms with E-state index in [1.165, 1.54) is 11.3 Å². The fourth-order valence-electron chi connectivity index (χ4n) is 1.91. The van der Waals surface area contributed by atoms with Crippen molar-refractivity contribution in [1.82, 2.24) is 10.6 Å². The third-order valence-electron chi connectivity index (χ3n) is 2.92. The molecule has 0 unspecified atom stereocenters. The number of hydrogen-bond donors (Lipinski definition) is 2. The largest absolute Gasteiger partial charge is 0.377 e. The fraction of sp³-hybridized carbons (Fsp3) is 0.583. The molecule has 8 heteroatoms. The maximum absolute atomic E-state index is 12.0. The lowest BCUT2D eigenvalue weighted by atomic mass is 10.2. The van der Waals surface area contributed by atoms with Gasteiger partial charge >= 0.3 is 0 Å². The van der Waals surface area contributed by atoms with Gasteiger partial charge in [0.05, 0.1) is 11.0 Å². The number of halogens is 3. The van der Waals surface area contributed by atoms with Gasteiger partial charge in [-0.05, 0) is 24.3 Å². The van der Waals surface area contributed by atoms with Crippen molar-refractivity contribution in [2.45, 2.75) is 28.9 Å². The van der Waals surface area contributed by atoms with Gasteiger partial charge in [0.2, 0.25) is 3.79 Å². The highest BCUT2D eigenvalue weighted by Crippen LogP contribution is 2.29. The first-order valence-electron chi connectivity index (χ1n) is 6.23. The molecule has 1 aromatic heterocycles. The van der Waals surface area contributed by atoms with Crippen LogP contribution >= 0.6 is 46.1 Å². The van der Waals surface area contributed by atoms with Crippen LogP contribution in [0.3, 0.4) is 0 Å². The van der Waals surface area contributed by atoms with Crippen LogP contribution in [0.4, 0.5) is 0 Å². The molecule has 1 fully saturated rings. The van der Waals surface area contributed by atoms with Gasteiger partial charge in [0, 0.05) is 13.2 Å². The van der Waals surface area contributed by atoms with Gasteiger partial charge in [0.25, 0.3) is 5.91 Å². The zero-order chi connectivity index (χ0) is 14.6. The number of alkyl halides is 3. The van der Waals surface area contributed by atoms with Gasteiger partial charge in [-0.15, -0.1) is 11.3 Å². The number of nitrogens with one attached hydrogen (secondary N) is 2. The zero-order valence-corrected chi connectivity index (χ0v) is 13.7. The van der Waals surface area contributed by atoms with Crippen LogP contribution in [0, 0.1) is 0 Å². The normalized spacial score (nSPS) is 20.9. The van der Waals surface area contributed by atoms with Crippen molar-refractivity contribution in [3.8, 4) is 0 Å². The molecule has 112 valence electrons. The number of amides is 1. The van der Waals surface area contributed by atoms with Gasteiger partial charge in [0.1, 0.15) is 6.17 Å². The minimum atomic E-state index is -1.63. The molecule has 2 N–H and O–H groups in total. The van der Waals surface area contributed by atoms with Crippen molar-refractivity contribution in [3.05, 3.63) is 22.4 Å². The quantitative estimate of drug-likeness (QED) is 0.629. The monoisotopic (exact) mass is 356 g/mol. The summed E-state index contributed by atoms with van der Waals surface area (Å²) in [5.41, 5.74) is 0. The van der Waals surface area contributed by atoms with Gasteiger partial charge in [-0.25, -0.2) is 0 Å². The highest BCUT2D eigenvalue weighted by molar-refractivity contribution is 7.12. The Morgan fingerprint density at radius 3 is 2.90 bits per heavy atom. The van der Waals surface area contributed by atoms with E-state index in [-0.39, 0.29) is 12.0 Å². The van der Waals surface area contributed by atoms with Crippen LogP contribution in [0.25, 0.3) is 0 Å². The third kappa shape index (κ3) is 4.76. The summed E-state index contributed by atoms with van der Waals surface area (Å²) in [6.07, 6.45) is 1.33. The molecule has 2 heterocycles. The number of hydrogen-bond acceptors (Lipinski definition) is 4. The van der Waals surface area contributed by atoms with E-state index in [4.69, 9.17) is 39.5 Å². The molecule has 0 aliphatic carbocycles. The standard InChI is InChI=1S/C12H15Cl3N2O2S/c13-12(14,15)11(16-7-8-3-1-5-19-8)17-10(18)9-4-2-6-20-9/h2,4,6,8,11,16H,1,3,5,7H2,(H,17,18)/t8-,11-/m1/s1. The smallest absolute Gasteiger partial charge is 0.262 e. The van der Waals surface area contributed by atoms with E-state index >= 15 is 0 Å². The van der Waals surface area contributed by atoms with Crippen LogP contribution in [0.15, 0.2) is 17.5 Å². The second kappa shape index (κ2) is 7.29. The van der Waals surface area contributed by atoms with Crippen molar-refractivity contribution in [3.63, 3.8) is 0 Å². The summed E-state index contributed by atoms with van der Waals surface area (Å²) in [5, 5.41) is 7.56. The van der Waals surface area contributed by atoms with E-state index < -0.39 is 9.96 Å². The highest BCUT2D eigenvalue weighted by atomic mass is 35.6. The molecular formula is C12H15Cl3N2O2S. The van der Waals surface area contributed by atoms with Gasteiger partial charge in [-0.1, -0.05) is 40.9 Å². The predicted molar refractivity (Wildman–Crippen MR) is 82.8 cm³/mol. The molecule has 0 saturated carbocycles. The third-order valence-corrected chi connectivity index (χ3v) is 4.44. The lowest BCUT2D eigenvalue weighted by molar-refractivity contribution is 0.0900. The molecule has 0 aromatic carbocycles. The molecule has 0 radical (unpaired) electrons. The maximum atomic E-state index is 12.0. The molecule has 1 aliphatic heterocycles. The van der Waals surface area contributed by atoms with Crippen molar-refractivity contribution in [2.75, 3.05) is 13.2 Å². The average Bonchev–Trinajstić information content (AvgIpc) is 3.04. The minimum absolute atomic E-state index is 0.100. The lowest BCUT2D eigenvalue weighted by Gasteiger charge is -2.27. The summed E-state index contributed by atoms with van der Waals surface area (Å²) in [6.45, 7) is 1.29. The van der Waals surface area contributed by atoms with Crippen LogP contribution in [0.1, 0.15) is 22.5 Å². The Kier molecular flexibility index (Phi) is 5.95. The fourth-order valence-corrected chi connectivity index (χ4v) is 2.94. The summed E-state index contributed by atoms with van der Waals surface area (Å²) < 4.78 is 3.86. The summed E-state index contributed by atoms with van der Waals surface area (Å²) in [7, 11) is 0. The summed E-state index contributed by atoms with van der Waals surface area (Å²) in [4.78, 5) is 12.6. The highest BCUT2D eigenvalue weighted by Gasteiger charge is 2.34. The van der Waals surface area contributed by atoms with E-state index in [0.29, 0.717) is 11.4 Å². The minimum Gasteiger partial charge on any atom is -0.377 e. The van der Waals surface area contributed by atoms with Crippen LogP contribution in [-0.4, -0.2) is 35.1 Å². The summed E-state index contributed by atoms with van der Waals surface area (Å²) in [6, 6.07) is 3.51. The van der Waals surface area contributed by atoms with Gasteiger partial charge in [-0.3, -0.25) is 10.1 Å². The first kappa shape index (κ1) is 16.3. The number of carbonyl (C=O) groups excluding carboxylic acids is 1. The van der Waals surface area contributed by atoms with E-state index in [0.717, 1.165) is 19.4 Å². The topological polar surface area (TPSA) is 50.4 Å². The SMILES string of the molecule is O=C(N[C@@H](NC[C@H]1CCCO1)C(Cl)(Cl)Cl)c1cccs1. The van der Waals surface area contributed by atoms with Crippen LogP contribution in [-0.2, 0) is 4.74 Å². The van der Waals surface area contributed by atoms with E-state index in [1.807, 2.05) is 5.38 Å². The molecule has 2 atom stereocenters. The second-order valence-electron chi connectivity index (χ2n) is 4.47. The maximum Gasteiger partial charge on any atom is 0.262 e. The van der Waals surface area contributed by atoms with Crippen LogP contribution < -0.4 is 10.6 Å². The average molecular weight is 358 g/mol. The molecule has 4 nitrogen and oxygen atoms in total. The van der Waals surface area contributed by atoms with Crippen LogP contribution in [0.5, 0.6) is 0 Å². The summed E-state index contributed by atoms with van der Waals surface area (Å²) in [5.74, 6) is -0.267. The number of ether oxygens (including phenoxy) is 1. The first-order chi connectivity index (χ1) is 9.47. The van der Waals surface area contributed by atoms with E-state index in [2.05, 4.69) is 10.6 Å². The number of carbonyl (C=O) groups is 1. The Morgan fingerprint density at radius 2 is 2.35 bits per heavy atom. The molecule has 1 aromatic rings. The molecule has 2 rings (SSSR count). The van der Waals surface area contributed by atoms with Crippen molar-refractivity contribution < 1.29 is 9.53 Å². The lowest BCUT2D eigenvalue weighted by Crippen LogP contribution is -2.54. The van der Waals surface area contributed by atoms with Gasteiger partial charge in [0.15, 0.2) is 0 Å². The Labute approximate surface area is 136 Å². The molecule has 0 spiro atoms. The Hall–Kier alpha value is -0.0400. The Balaban J connectivity index is 1.91. The van der Waals surface area contributed by atoms with Gasteiger partial charge in [-0.2, -0.15) is 0 Å². The Morgan fingerprint density at radius 1 is 1.55 bits per heavy atom. The first-order valence-corrected chi connectivity index (χ1v) is 8.24. The molecular weight excluding hydrogens is 343 g/mol. The van der Waals surface area contributed by atoms with Crippen LogP contribution in [0.2, 0.25) is 0 Å². The number of thiophene rings is 1.